The highest BCUT2D eigenvalue weighted by Crippen LogP contribution is 2.21. The number of hydrogen-bond acceptors (Lipinski definition) is 3. The minimum Gasteiger partial charge on any atom is -0.380 e. The molecule has 1 saturated carbocycles. The largest absolute Gasteiger partial charge is 0.380 e. The van der Waals surface area contributed by atoms with Gasteiger partial charge in [0, 0.05) is 19.2 Å². The maximum Gasteiger partial charge on any atom is 0.234 e. The van der Waals surface area contributed by atoms with E-state index < -0.39 is 0 Å². The average Bonchev–Trinajstić information content (AvgIpc) is 2.60. The summed E-state index contributed by atoms with van der Waals surface area (Å²) >= 11 is 0. The smallest absolute Gasteiger partial charge is 0.234 e. The quantitative estimate of drug-likeness (QED) is 0.707. The molecule has 0 aromatic rings. The molecule has 0 aromatic carbocycles. The Morgan fingerprint density at radius 3 is 2.80 bits per heavy atom. The molecule has 2 unspecified atom stereocenters. The Morgan fingerprint density at radius 1 is 1.47 bits per heavy atom. The van der Waals surface area contributed by atoms with Gasteiger partial charge in [-0.2, -0.15) is 0 Å². The number of methoxy groups -OCH3 is 1. The van der Waals surface area contributed by atoms with Crippen LogP contribution in [0.3, 0.4) is 0 Å². The molecule has 1 aliphatic carbocycles. The van der Waals surface area contributed by atoms with Crippen molar-refractivity contribution < 1.29 is 9.53 Å². The molecule has 1 fully saturated rings. The van der Waals surface area contributed by atoms with E-state index in [9.17, 15) is 4.79 Å². The van der Waals surface area contributed by atoms with Gasteiger partial charge in [0.1, 0.15) is 0 Å². The van der Waals surface area contributed by atoms with Crippen LogP contribution < -0.4 is 10.6 Å². The molecule has 0 bridgehead atoms. The van der Waals surface area contributed by atoms with Crippen LogP contribution in [-0.4, -0.2) is 37.7 Å². The molecule has 1 amide bonds. The molecule has 4 nitrogen and oxygen atoms in total. The molecule has 2 atom stereocenters. The maximum absolute atomic E-state index is 11.4. The van der Waals surface area contributed by atoms with Crippen molar-refractivity contribution in [2.75, 3.05) is 13.7 Å². The summed E-state index contributed by atoms with van der Waals surface area (Å²) < 4.78 is 5.34. The van der Waals surface area contributed by atoms with Gasteiger partial charge in [0.05, 0.1) is 12.6 Å². The lowest BCUT2D eigenvalue weighted by Crippen LogP contribution is -2.44. The number of hydrogen-bond donors (Lipinski definition) is 2. The molecule has 4 heteroatoms. The molecular formula is C11H22N2O2. The predicted molar refractivity (Wildman–Crippen MR) is 59.7 cm³/mol. The number of amides is 1. The van der Waals surface area contributed by atoms with E-state index in [1.807, 2.05) is 13.8 Å². The molecule has 0 aliphatic heterocycles. The standard InChI is InChI=1S/C11H22N2O2/c1-8(2)13-11(14)7-12-9-5-4-6-10(9)15-3/h8-10,12H,4-7H2,1-3H3,(H,13,14). The fraction of sp³-hybridized carbons (Fsp3) is 0.909. The van der Waals surface area contributed by atoms with Crippen molar-refractivity contribution in [2.45, 2.75) is 51.3 Å². The molecule has 88 valence electrons. The Labute approximate surface area is 91.8 Å². The van der Waals surface area contributed by atoms with Crippen molar-refractivity contribution in [3.63, 3.8) is 0 Å². The predicted octanol–water partition coefficient (Wildman–Crippen LogP) is 0.668. The molecule has 0 heterocycles. The summed E-state index contributed by atoms with van der Waals surface area (Å²) in [5, 5.41) is 6.11. The highest BCUT2D eigenvalue weighted by atomic mass is 16.5. The summed E-state index contributed by atoms with van der Waals surface area (Å²) in [6.07, 6.45) is 3.66. The van der Waals surface area contributed by atoms with Gasteiger partial charge in [0.25, 0.3) is 0 Å². The van der Waals surface area contributed by atoms with E-state index >= 15 is 0 Å². The van der Waals surface area contributed by atoms with Gasteiger partial charge in [-0.25, -0.2) is 0 Å². The Balaban J connectivity index is 2.21. The second-order valence-corrected chi connectivity index (χ2v) is 4.41. The Kier molecular flexibility index (Phi) is 5.05. The molecule has 1 aliphatic rings. The number of nitrogens with one attached hydrogen (secondary N) is 2. The highest BCUT2D eigenvalue weighted by molar-refractivity contribution is 5.78. The summed E-state index contributed by atoms with van der Waals surface area (Å²) in [6.45, 7) is 4.32. The van der Waals surface area contributed by atoms with Crippen molar-refractivity contribution >= 4 is 5.91 Å². The van der Waals surface area contributed by atoms with Crippen molar-refractivity contribution in [1.82, 2.24) is 10.6 Å². The van der Waals surface area contributed by atoms with E-state index in [1.165, 1.54) is 6.42 Å². The first-order chi connectivity index (χ1) is 7.13. The van der Waals surface area contributed by atoms with Gasteiger partial charge in [-0.1, -0.05) is 0 Å². The first-order valence-corrected chi connectivity index (χ1v) is 5.69. The van der Waals surface area contributed by atoms with Crippen molar-refractivity contribution in [3.8, 4) is 0 Å². The summed E-state index contributed by atoms with van der Waals surface area (Å²) in [4.78, 5) is 11.4. The molecule has 0 spiro atoms. The summed E-state index contributed by atoms with van der Waals surface area (Å²) in [7, 11) is 1.73. The molecule has 0 radical (unpaired) electrons. The minimum atomic E-state index is 0.0618. The third-order valence-electron chi connectivity index (χ3n) is 2.73. The zero-order chi connectivity index (χ0) is 11.3. The third-order valence-corrected chi connectivity index (χ3v) is 2.73. The molecule has 0 saturated heterocycles. The Hall–Kier alpha value is -0.610. The zero-order valence-corrected chi connectivity index (χ0v) is 9.88. The van der Waals surface area contributed by atoms with Gasteiger partial charge >= 0.3 is 0 Å². The molecule has 1 rings (SSSR count). The van der Waals surface area contributed by atoms with Gasteiger partial charge in [-0.15, -0.1) is 0 Å². The summed E-state index contributed by atoms with van der Waals surface area (Å²) in [6, 6.07) is 0.550. The van der Waals surface area contributed by atoms with Crippen LogP contribution in [0.4, 0.5) is 0 Å². The highest BCUT2D eigenvalue weighted by Gasteiger charge is 2.26. The second-order valence-electron chi connectivity index (χ2n) is 4.41. The number of rotatable bonds is 5. The van der Waals surface area contributed by atoms with E-state index in [0.717, 1.165) is 12.8 Å². The van der Waals surface area contributed by atoms with Crippen molar-refractivity contribution in [2.24, 2.45) is 0 Å². The fourth-order valence-corrected chi connectivity index (χ4v) is 2.04. The Bertz CT molecular complexity index is 207. The van der Waals surface area contributed by atoms with E-state index in [-0.39, 0.29) is 18.1 Å². The fourth-order valence-electron chi connectivity index (χ4n) is 2.04. The van der Waals surface area contributed by atoms with Crippen LogP contribution >= 0.6 is 0 Å². The van der Waals surface area contributed by atoms with E-state index in [2.05, 4.69) is 10.6 Å². The van der Waals surface area contributed by atoms with Crippen LogP contribution in [0.2, 0.25) is 0 Å². The lowest BCUT2D eigenvalue weighted by Gasteiger charge is -2.19. The number of carbonyl (C=O) groups excluding carboxylic acids is 1. The first kappa shape index (κ1) is 12.5. The van der Waals surface area contributed by atoms with Crippen molar-refractivity contribution in [3.05, 3.63) is 0 Å². The zero-order valence-electron chi connectivity index (χ0n) is 9.88. The van der Waals surface area contributed by atoms with Gasteiger partial charge in [-0.3, -0.25) is 4.79 Å². The van der Waals surface area contributed by atoms with E-state index in [1.54, 1.807) is 7.11 Å². The Morgan fingerprint density at radius 2 is 2.20 bits per heavy atom. The summed E-state index contributed by atoms with van der Waals surface area (Å²) in [5.41, 5.74) is 0. The van der Waals surface area contributed by atoms with Gasteiger partial charge in [0.2, 0.25) is 5.91 Å². The molecular weight excluding hydrogens is 192 g/mol. The van der Waals surface area contributed by atoms with Gasteiger partial charge < -0.3 is 15.4 Å². The van der Waals surface area contributed by atoms with Crippen LogP contribution in [0, 0.1) is 0 Å². The maximum atomic E-state index is 11.4. The van der Waals surface area contributed by atoms with Crippen LogP contribution in [0.5, 0.6) is 0 Å². The molecule has 15 heavy (non-hydrogen) atoms. The molecule has 2 N–H and O–H groups in total. The van der Waals surface area contributed by atoms with Crippen LogP contribution in [0.15, 0.2) is 0 Å². The number of ether oxygens (including phenoxy) is 1. The third kappa shape index (κ3) is 4.18. The lowest BCUT2D eigenvalue weighted by atomic mass is 10.2. The van der Waals surface area contributed by atoms with E-state index in [0.29, 0.717) is 12.6 Å². The second kappa shape index (κ2) is 6.08. The van der Waals surface area contributed by atoms with Crippen LogP contribution in [0.25, 0.3) is 0 Å². The monoisotopic (exact) mass is 214 g/mol. The number of carbonyl (C=O) groups is 1. The van der Waals surface area contributed by atoms with Crippen LogP contribution in [0.1, 0.15) is 33.1 Å². The SMILES string of the molecule is COC1CCCC1NCC(=O)NC(C)C. The molecule has 0 aromatic heterocycles. The average molecular weight is 214 g/mol. The van der Waals surface area contributed by atoms with Gasteiger partial charge in [0.15, 0.2) is 0 Å². The van der Waals surface area contributed by atoms with Crippen LogP contribution in [-0.2, 0) is 9.53 Å². The van der Waals surface area contributed by atoms with Gasteiger partial charge in [-0.05, 0) is 33.1 Å². The first-order valence-electron chi connectivity index (χ1n) is 5.69. The van der Waals surface area contributed by atoms with E-state index in [4.69, 9.17) is 4.74 Å². The topological polar surface area (TPSA) is 50.4 Å². The lowest BCUT2D eigenvalue weighted by molar-refractivity contribution is -0.121. The van der Waals surface area contributed by atoms with Crippen molar-refractivity contribution in [1.29, 1.82) is 0 Å². The minimum absolute atomic E-state index is 0.0618. The normalized spacial score (nSPS) is 25.9. The summed E-state index contributed by atoms with van der Waals surface area (Å²) in [5.74, 6) is 0.0618.